The number of hydrogen-bond acceptors (Lipinski definition) is 5. The standard InChI is InChI=1S/C28H30N2O3S/c1-18(2)26-27(34(31,32)24-13-19(3)12-23(14-24)16-29)25(15-21-10-11-21)20(4)30-28(26)33-17-22-8-6-5-7-9-22/h5-9,12-14,18,21H,10-11,15,17H2,1-4H3. The fraction of sp³-hybridized carbons (Fsp3) is 0.357. The van der Waals surface area contributed by atoms with Gasteiger partial charge in [-0.25, -0.2) is 13.4 Å². The van der Waals surface area contributed by atoms with E-state index in [2.05, 4.69) is 6.07 Å². The Morgan fingerprint density at radius 1 is 1.12 bits per heavy atom. The van der Waals surface area contributed by atoms with Gasteiger partial charge < -0.3 is 4.74 Å². The molecule has 0 unspecified atom stereocenters. The molecule has 1 saturated carbocycles. The zero-order valence-corrected chi connectivity index (χ0v) is 20.9. The number of nitriles is 1. The number of rotatable bonds is 8. The highest BCUT2D eigenvalue weighted by Gasteiger charge is 2.34. The van der Waals surface area contributed by atoms with E-state index >= 15 is 0 Å². The summed E-state index contributed by atoms with van der Waals surface area (Å²) in [5.41, 5.74) is 4.13. The van der Waals surface area contributed by atoms with Crippen LogP contribution in [-0.4, -0.2) is 13.4 Å². The molecule has 0 aliphatic heterocycles. The lowest BCUT2D eigenvalue weighted by molar-refractivity contribution is 0.286. The molecule has 0 N–H and O–H groups in total. The Balaban J connectivity index is 1.92. The number of pyridine rings is 1. The summed E-state index contributed by atoms with van der Waals surface area (Å²) in [6.45, 7) is 7.92. The fourth-order valence-corrected chi connectivity index (χ4v) is 6.32. The summed E-state index contributed by atoms with van der Waals surface area (Å²) in [6.07, 6.45) is 2.89. The minimum absolute atomic E-state index is 0.123. The maximum atomic E-state index is 14.2. The van der Waals surface area contributed by atoms with E-state index in [1.807, 2.05) is 51.1 Å². The van der Waals surface area contributed by atoms with Crippen LogP contribution in [0.3, 0.4) is 0 Å². The molecule has 1 fully saturated rings. The summed E-state index contributed by atoms with van der Waals surface area (Å²) < 4.78 is 34.5. The highest BCUT2D eigenvalue weighted by molar-refractivity contribution is 7.91. The number of hydrogen-bond donors (Lipinski definition) is 0. The van der Waals surface area contributed by atoms with Crippen LogP contribution in [0.25, 0.3) is 0 Å². The van der Waals surface area contributed by atoms with Gasteiger partial charge in [-0.05, 0) is 79.8 Å². The van der Waals surface area contributed by atoms with E-state index in [0.29, 0.717) is 46.5 Å². The van der Waals surface area contributed by atoms with Crippen LogP contribution in [0.1, 0.15) is 66.1 Å². The van der Waals surface area contributed by atoms with Crippen LogP contribution >= 0.6 is 0 Å². The van der Waals surface area contributed by atoms with Gasteiger partial charge in [0.25, 0.3) is 0 Å². The molecule has 0 bridgehead atoms. The summed E-state index contributed by atoms with van der Waals surface area (Å²) >= 11 is 0. The van der Waals surface area contributed by atoms with E-state index in [1.165, 1.54) is 6.07 Å². The third-order valence-corrected chi connectivity index (χ3v) is 8.06. The molecule has 1 aliphatic carbocycles. The predicted octanol–water partition coefficient (Wildman–Crippen LogP) is 6.06. The molecule has 0 saturated heterocycles. The van der Waals surface area contributed by atoms with Crippen LogP contribution in [0.5, 0.6) is 5.88 Å². The molecule has 0 atom stereocenters. The van der Waals surface area contributed by atoms with Gasteiger partial charge in [-0.2, -0.15) is 5.26 Å². The fourth-order valence-electron chi connectivity index (χ4n) is 4.29. The Labute approximate surface area is 202 Å². The van der Waals surface area contributed by atoms with Crippen LogP contribution < -0.4 is 4.74 Å². The maximum Gasteiger partial charge on any atom is 0.218 e. The second kappa shape index (κ2) is 9.60. The summed E-state index contributed by atoms with van der Waals surface area (Å²) in [5, 5.41) is 9.44. The lowest BCUT2D eigenvalue weighted by Gasteiger charge is -2.23. The molecule has 0 amide bonds. The number of aryl methyl sites for hydroxylation is 2. The number of benzene rings is 2. The van der Waals surface area contributed by atoms with Gasteiger partial charge >= 0.3 is 0 Å². The zero-order valence-electron chi connectivity index (χ0n) is 20.1. The van der Waals surface area contributed by atoms with Crippen LogP contribution in [0.2, 0.25) is 0 Å². The highest BCUT2D eigenvalue weighted by atomic mass is 32.2. The van der Waals surface area contributed by atoms with E-state index in [4.69, 9.17) is 9.72 Å². The molecular formula is C28H30N2O3S. The van der Waals surface area contributed by atoms with Crippen molar-refractivity contribution in [1.29, 1.82) is 5.26 Å². The molecule has 176 valence electrons. The zero-order chi connectivity index (χ0) is 24.5. The largest absolute Gasteiger partial charge is 0.473 e. The van der Waals surface area contributed by atoms with Gasteiger partial charge in [0.05, 0.1) is 21.4 Å². The van der Waals surface area contributed by atoms with Gasteiger partial charge in [-0.15, -0.1) is 0 Å². The third kappa shape index (κ3) is 5.00. The molecule has 1 aromatic heterocycles. The molecule has 3 aromatic rings. The van der Waals surface area contributed by atoms with Gasteiger partial charge in [0.2, 0.25) is 15.7 Å². The minimum Gasteiger partial charge on any atom is -0.473 e. The second-order valence-corrected chi connectivity index (χ2v) is 11.3. The Kier molecular flexibility index (Phi) is 6.77. The van der Waals surface area contributed by atoms with Crippen LogP contribution in [-0.2, 0) is 22.9 Å². The summed E-state index contributed by atoms with van der Waals surface area (Å²) in [5.74, 6) is 0.724. The predicted molar refractivity (Wildman–Crippen MR) is 132 cm³/mol. The highest BCUT2D eigenvalue weighted by Crippen LogP contribution is 2.42. The van der Waals surface area contributed by atoms with Crippen molar-refractivity contribution >= 4 is 9.84 Å². The van der Waals surface area contributed by atoms with Crippen molar-refractivity contribution in [2.24, 2.45) is 5.92 Å². The first-order valence-corrected chi connectivity index (χ1v) is 13.2. The first kappa shape index (κ1) is 24.0. The van der Waals surface area contributed by atoms with E-state index in [-0.39, 0.29) is 10.8 Å². The average Bonchev–Trinajstić information content (AvgIpc) is 3.63. The van der Waals surface area contributed by atoms with Crippen molar-refractivity contribution in [3.05, 3.63) is 82.0 Å². The molecule has 34 heavy (non-hydrogen) atoms. The number of aromatic nitrogens is 1. The van der Waals surface area contributed by atoms with Crippen molar-refractivity contribution in [3.63, 3.8) is 0 Å². The molecule has 6 heteroatoms. The average molecular weight is 475 g/mol. The molecular weight excluding hydrogens is 444 g/mol. The van der Waals surface area contributed by atoms with Gasteiger partial charge in [-0.3, -0.25) is 0 Å². The van der Waals surface area contributed by atoms with E-state index in [9.17, 15) is 13.7 Å². The Hall–Kier alpha value is -3.17. The SMILES string of the molecule is Cc1cc(C#N)cc(S(=O)(=O)c2c(CC3CC3)c(C)nc(OCc3ccccc3)c2C(C)C)c1. The number of nitrogens with zero attached hydrogens (tertiary/aromatic N) is 2. The van der Waals surface area contributed by atoms with E-state index in [1.54, 1.807) is 19.1 Å². The lowest BCUT2D eigenvalue weighted by atomic mass is 9.98. The number of sulfone groups is 1. The van der Waals surface area contributed by atoms with E-state index < -0.39 is 9.84 Å². The van der Waals surface area contributed by atoms with Crippen molar-refractivity contribution < 1.29 is 13.2 Å². The quantitative estimate of drug-likeness (QED) is 0.396. The summed E-state index contributed by atoms with van der Waals surface area (Å²) in [6, 6.07) is 16.7. The Morgan fingerprint density at radius 3 is 2.44 bits per heavy atom. The van der Waals surface area contributed by atoms with Crippen LogP contribution in [0.4, 0.5) is 0 Å². The van der Waals surface area contributed by atoms with Crippen LogP contribution in [0.15, 0.2) is 58.3 Å². The molecule has 4 rings (SSSR count). The molecule has 5 nitrogen and oxygen atoms in total. The lowest BCUT2D eigenvalue weighted by Crippen LogP contribution is -2.16. The molecule has 2 aromatic carbocycles. The summed E-state index contributed by atoms with van der Waals surface area (Å²) in [7, 11) is -3.92. The normalized spacial score (nSPS) is 13.6. The van der Waals surface area contributed by atoms with Gasteiger partial charge in [0.15, 0.2) is 0 Å². The van der Waals surface area contributed by atoms with Crippen molar-refractivity contribution in [3.8, 4) is 11.9 Å². The summed E-state index contributed by atoms with van der Waals surface area (Å²) in [4.78, 5) is 5.22. The first-order chi connectivity index (χ1) is 16.2. The Bertz CT molecular complexity index is 1350. The van der Waals surface area contributed by atoms with Crippen molar-refractivity contribution in [2.45, 2.75) is 69.3 Å². The molecule has 1 heterocycles. The van der Waals surface area contributed by atoms with Gasteiger partial charge in [-0.1, -0.05) is 44.2 Å². The van der Waals surface area contributed by atoms with Crippen molar-refractivity contribution in [1.82, 2.24) is 4.98 Å². The van der Waals surface area contributed by atoms with Gasteiger partial charge in [0, 0.05) is 11.3 Å². The van der Waals surface area contributed by atoms with Gasteiger partial charge in [0.1, 0.15) is 6.61 Å². The third-order valence-electron chi connectivity index (χ3n) is 6.20. The minimum atomic E-state index is -3.92. The molecule has 1 aliphatic rings. The van der Waals surface area contributed by atoms with E-state index in [0.717, 1.165) is 29.5 Å². The monoisotopic (exact) mass is 474 g/mol. The first-order valence-electron chi connectivity index (χ1n) is 11.7. The second-order valence-electron chi connectivity index (χ2n) is 9.45. The smallest absolute Gasteiger partial charge is 0.218 e. The number of ether oxygens (including phenoxy) is 1. The van der Waals surface area contributed by atoms with Crippen molar-refractivity contribution in [2.75, 3.05) is 0 Å². The maximum absolute atomic E-state index is 14.2. The Morgan fingerprint density at radius 2 is 1.82 bits per heavy atom. The topological polar surface area (TPSA) is 80.0 Å². The molecule has 0 spiro atoms. The molecule has 0 radical (unpaired) electrons. The van der Waals surface area contributed by atoms with Crippen LogP contribution in [0, 0.1) is 31.1 Å².